The average molecular weight is 373 g/mol. The van der Waals surface area contributed by atoms with E-state index in [1.807, 2.05) is 13.8 Å². The maximum Gasteiger partial charge on any atom is 0.316 e. The van der Waals surface area contributed by atoms with Crippen LogP contribution in [-0.4, -0.2) is 38.1 Å². The second-order valence-electron chi connectivity index (χ2n) is 5.52. The molecule has 6 heteroatoms. The van der Waals surface area contributed by atoms with Gasteiger partial charge < -0.3 is 14.2 Å². The van der Waals surface area contributed by atoms with Gasteiger partial charge in [-0.25, -0.2) is 0 Å². The Morgan fingerprint density at radius 3 is 2.07 bits per heavy atom. The molecule has 0 saturated carbocycles. The van der Waals surface area contributed by atoms with Crippen molar-refractivity contribution >= 4 is 11.8 Å². The molecule has 2 aromatic rings. The summed E-state index contributed by atoms with van der Waals surface area (Å²) in [5, 5.41) is 0. The number of nitrogens with zero attached hydrogens (tertiary/aromatic N) is 1. The lowest BCUT2D eigenvalue weighted by molar-refractivity contribution is -0.143. The zero-order chi connectivity index (χ0) is 20.4. The van der Waals surface area contributed by atoms with E-state index < -0.39 is 11.9 Å². The Morgan fingerprint density at radius 2 is 1.56 bits per heavy atom. The highest BCUT2D eigenvalue weighted by atomic mass is 16.5. The Hall–Kier alpha value is -2.89. The number of methoxy groups -OCH3 is 3. The van der Waals surface area contributed by atoms with E-state index in [1.165, 1.54) is 21.3 Å². The van der Waals surface area contributed by atoms with Gasteiger partial charge in [0.15, 0.2) is 17.3 Å². The number of aromatic nitrogens is 1. The van der Waals surface area contributed by atoms with Gasteiger partial charge in [-0.1, -0.05) is 13.8 Å². The Bertz CT molecular complexity index is 759. The molecular weight excluding hydrogens is 346 g/mol. The van der Waals surface area contributed by atoms with E-state index >= 15 is 0 Å². The van der Waals surface area contributed by atoms with Crippen molar-refractivity contribution in [3.63, 3.8) is 0 Å². The molecule has 0 bridgehead atoms. The quantitative estimate of drug-likeness (QED) is 0.419. The van der Waals surface area contributed by atoms with Crippen LogP contribution < -0.4 is 9.47 Å². The van der Waals surface area contributed by atoms with Crippen molar-refractivity contribution in [2.24, 2.45) is 5.92 Å². The zero-order valence-electron chi connectivity index (χ0n) is 16.7. The molecule has 1 aromatic heterocycles. The van der Waals surface area contributed by atoms with Crippen LogP contribution in [0.25, 0.3) is 0 Å². The second-order valence-corrected chi connectivity index (χ2v) is 5.52. The fraction of sp³-hybridized carbons (Fsp3) is 0.381. The summed E-state index contributed by atoms with van der Waals surface area (Å²) in [5.41, 5.74) is 1.94. The van der Waals surface area contributed by atoms with Crippen molar-refractivity contribution in [1.29, 1.82) is 0 Å². The number of ether oxygens (including phenoxy) is 3. The summed E-state index contributed by atoms with van der Waals surface area (Å²) in [5.74, 6) is -0.869. The first-order chi connectivity index (χ1) is 13.0. The van der Waals surface area contributed by atoms with E-state index in [9.17, 15) is 9.59 Å². The molecule has 1 heterocycles. The molecule has 6 nitrogen and oxygen atoms in total. The second kappa shape index (κ2) is 11.0. The first-order valence-electron chi connectivity index (χ1n) is 8.75. The first-order valence-corrected chi connectivity index (χ1v) is 8.75. The number of ketones is 1. The van der Waals surface area contributed by atoms with Crippen LogP contribution in [0.4, 0.5) is 0 Å². The van der Waals surface area contributed by atoms with Crippen LogP contribution in [0.15, 0.2) is 36.7 Å². The summed E-state index contributed by atoms with van der Waals surface area (Å²) >= 11 is 0. The smallest absolute Gasteiger partial charge is 0.316 e. The zero-order valence-corrected chi connectivity index (χ0v) is 16.7. The summed E-state index contributed by atoms with van der Waals surface area (Å²) in [7, 11) is 4.30. The number of carbonyl (C=O) groups is 2. The molecule has 1 atom stereocenters. The van der Waals surface area contributed by atoms with E-state index in [0.717, 1.165) is 5.56 Å². The van der Waals surface area contributed by atoms with Gasteiger partial charge in [0.25, 0.3) is 0 Å². The lowest BCUT2D eigenvalue weighted by Gasteiger charge is -2.17. The molecule has 0 radical (unpaired) electrons. The molecule has 0 N–H and O–H groups in total. The van der Waals surface area contributed by atoms with Gasteiger partial charge in [-0.3, -0.25) is 14.6 Å². The van der Waals surface area contributed by atoms with Crippen molar-refractivity contribution in [2.45, 2.75) is 27.2 Å². The van der Waals surface area contributed by atoms with Crippen molar-refractivity contribution in [1.82, 2.24) is 4.98 Å². The van der Waals surface area contributed by atoms with Crippen LogP contribution in [0.1, 0.15) is 35.3 Å². The van der Waals surface area contributed by atoms with Crippen LogP contribution in [-0.2, 0) is 16.0 Å². The van der Waals surface area contributed by atoms with Gasteiger partial charge in [0.1, 0.15) is 5.92 Å². The van der Waals surface area contributed by atoms with Crippen LogP contribution in [0.2, 0.25) is 0 Å². The summed E-state index contributed by atoms with van der Waals surface area (Å²) in [6.45, 7) is 5.79. The van der Waals surface area contributed by atoms with Crippen LogP contribution in [0.5, 0.6) is 11.5 Å². The van der Waals surface area contributed by atoms with Gasteiger partial charge in [-0.05, 0) is 48.7 Å². The summed E-state index contributed by atoms with van der Waals surface area (Å²) in [6.07, 6.45) is 3.48. The fourth-order valence-electron chi connectivity index (χ4n) is 2.61. The minimum Gasteiger partial charge on any atom is -0.493 e. The highest BCUT2D eigenvalue weighted by molar-refractivity contribution is 6.09. The number of hydrogen-bond acceptors (Lipinski definition) is 6. The van der Waals surface area contributed by atoms with E-state index in [0.29, 0.717) is 22.6 Å². The molecule has 0 amide bonds. The van der Waals surface area contributed by atoms with E-state index in [4.69, 9.17) is 14.2 Å². The van der Waals surface area contributed by atoms with E-state index in [1.54, 1.807) is 43.6 Å². The summed E-state index contributed by atoms with van der Waals surface area (Å²) in [6, 6.07) is 6.85. The number of hydrogen-bond donors (Lipinski definition) is 0. The van der Waals surface area contributed by atoms with Crippen molar-refractivity contribution in [2.75, 3.05) is 21.3 Å². The molecule has 27 heavy (non-hydrogen) atoms. The third kappa shape index (κ3) is 5.54. The minimum absolute atomic E-state index is 0.238. The Balaban J connectivity index is 0.00000176. The van der Waals surface area contributed by atoms with E-state index in [-0.39, 0.29) is 12.2 Å². The number of rotatable bonds is 7. The lowest BCUT2D eigenvalue weighted by atomic mass is 9.89. The molecule has 146 valence electrons. The van der Waals surface area contributed by atoms with Gasteiger partial charge in [-0.2, -0.15) is 0 Å². The van der Waals surface area contributed by atoms with E-state index in [2.05, 4.69) is 4.98 Å². The molecule has 0 aliphatic rings. The largest absolute Gasteiger partial charge is 0.493 e. The topological polar surface area (TPSA) is 74.7 Å². The highest BCUT2D eigenvalue weighted by Gasteiger charge is 2.30. The molecule has 0 fully saturated rings. The maximum absolute atomic E-state index is 13.0. The Morgan fingerprint density at radius 1 is 1.00 bits per heavy atom. The average Bonchev–Trinajstić information content (AvgIpc) is 2.72. The highest BCUT2D eigenvalue weighted by Crippen LogP contribution is 2.32. The van der Waals surface area contributed by atoms with Gasteiger partial charge in [0.05, 0.1) is 21.3 Å². The van der Waals surface area contributed by atoms with Gasteiger partial charge in [0.2, 0.25) is 0 Å². The summed E-state index contributed by atoms with van der Waals surface area (Å²) in [4.78, 5) is 29.2. The van der Waals surface area contributed by atoms with Gasteiger partial charge in [-0.15, -0.1) is 0 Å². The molecule has 1 unspecified atom stereocenters. The third-order valence-corrected chi connectivity index (χ3v) is 3.99. The maximum atomic E-state index is 13.0. The Labute approximate surface area is 160 Å². The predicted octanol–water partition coefficient (Wildman–Crippen LogP) is 3.65. The number of esters is 1. The molecule has 0 spiro atoms. The molecule has 1 aromatic carbocycles. The molecular formula is C21H27NO5. The number of aryl methyl sites for hydroxylation is 1. The third-order valence-electron chi connectivity index (χ3n) is 3.99. The normalized spacial score (nSPS) is 10.9. The minimum atomic E-state index is -0.941. The molecule has 0 saturated heterocycles. The van der Waals surface area contributed by atoms with Crippen LogP contribution in [0.3, 0.4) is 0 Å². The number of pyridine rings is 1. The van der Waals surface area contributed by atoms with Crippen molar-refractivity contribution in [3.05, 3.63) is 53.3 Å². The predicted molar refractivity (Wildman–Crippen MR) is 103 cm³/mol. The lowest BCUT2D eigenvalue weighted by Crippen LogP contribution is -2.28. The number of benzene rings is 1. The summed E-state index contributed by atoms with van der Waals surface area (Å²) < 4.78 is 15.3. The van der Waals surface area contributed by atoms with Crippen LogP contribution in [0, 0.1) is 12.8 Å². The van der Waals surface area contributed by atoms with Gasteiger partial charge in [0, 0.05) is 18.0 Å². The van der Waals surface area contributed by atoms with Crippen LogP contribution >= 0.6 is 0 Å². The van der Waals surface area contributed by atoms with Gasteiger partial charge >= 0.3 is 5.97 Å². The standard InChI is InChI=1S/C19H21NO5.C2H6/c1-12-9-16(23-2)17(24-3)11-14(12)18(21)15(19(22)25-4)10-13-5-7-20-8-6-13;1-2/h5-9,11,15H,10H2,1-4H3;1-2H3. The first kappa shape index (κ1) is 22.2. The number of Topliss-reactive ketones (excluding diaryl/α,β-unsaturated/α-hetero) is 1. The fourth-order valence-corrected chi connectivity index (χ4v) is 2.61. The van der Waals surface area contributed by atoms with Crippen molar-refractivity contribution < 1.29 is 23.8 Å². The SMILES string of the molecule is CC.COC(=O)C(Cc1ccncc1)C(=O)c1cc(OC)c(OC)cc1C. The molecule has 2 rings (SSSR count). The Kier molecular flexibility index (Phi) is 8.99. The number of carbonyl (C=O) groups excluding carboxylic acids is 2. The van der Waals surface area contributed by atoms with Crippen molar-refractivity contribution in [3.8, 4) is 11.5 Å². The molecule has 0 aliphatic heterocycles. The molecule has 0 aliphatic carbocycles. The monoisotopic (exact) mass is 373 g/mol.